The van der Waals surface area contributed by atoms with E-state index in [0.29, 0.717) is 6.04 Å². The van der Waals surface area contributed by atoms with Crippen LogP contribution in [0.3, 0.4) is 0 Å². The Hall–Kier alpha value is -1.02. The zero-order chi connectivity index (χ0) is 18.9. The van der Waals surface area contributed by atoms with E-state index >= 15 is 0 Å². The first kappa shape index (κ1) is 21.7. The van der Waals surface area contributed by atoms with Gasteiger partial charge < -0.3 is 20.3 Å². The van der Waals surface area contributed by atoms with Crippen LogP contribution >= 0.6 is 24.0 Å². The number of hydrogen-bond acceptors (Lipinski definition) is 3. The van der Waals surface area contributed by atoms with Crippen molar-refractivity contribution in [2.75, 3.05) is 27.7 Å². The molecule has 1 aromatic rings. The van der Waals surface area contributed by atoms with Gasteiger partial charge in [0.1, 0.15) is 11.4 Å². The molecule has 0 saturated heterocycles. The highest BCUT2D eigenvalue weighted by molar-refractivity contribution is 14.0. The van der Waals surface area contributed by atoms with E-state index < -0.39 is 0 Å². The van der Waals surface area contributed by atoms with Crippen LogP contribution in [0.25, 0.3) is 0 Å². The Morgan fingerprint density at radius 2 is 1.96 bits per heavy atom. The molecule has 2 N–H and O–H groups in total. The number of benzene rings is 1. The molecule has 1 aliphatic heterocycles. The van der Waals surface area contributed by atoms with E-state index in [1.165, 1.54) is 31.2 Å². The second-order valence-corrected chi connectivity index (χ2v) is 8.75. The minimum absolute atomic E-state index is 0. The highest BCUT2D eigenvalue weighted by Crippen LogP contribution is 2.47. The number of rotatable bonds is 5. The zero-order valence-electron chi connectivity index (χ0n) is 17.4. The van der Waals surface area contributed by atoms with Crippen molar-refractivity contribution >= 4 is 29.9 Å². The Morgan fingerprint density at radius 3 is 2.61 bits per heavy atom. The Kier molecular flexibility index (Phi) is 7.12. The molecular formula is C22H35IN4O. The van der Waals surface area contributed by atoms with Gasteiger partial charge in [0.05, 0.1) is 6.04 Å². The number of para-hydroxylation sites is 1. The molecule has 2 fully saturated rings. The van der Waals surface area contributed by atoms with Gasteiger partial charge in [-0.3, -0.25) is 4.99 Å². The average molecular weight is 498 g/mol. The third kappa shape index (κ3) is 4.75. The fourth-order valence-corrected chi connectivity index (χ4v) is 4.89. The van der Waals surface area contributed by atoms with E-state index in [9.17, 15) is 0 Å². The first-order valence-electron chi connectivity index (χ1n) is 10.5. The van der Waals surface area contributed by atoms with E-state index in [1.807, 2.05) is 7.05 Å². The van der Waals surface area contributed by atoms with Gasteiger partial charge in [0, 0.05) is 31.6 Å². The SMILES string of the molecule is CN=C(NCC(C1CC1)N(C)C)NC1CC2(CCCC2)Oc2ccccc21.I. The lowest BCUT2D eigenvalue weighted by Gasteiger charge is -2.40. The molecule has 4 rings (SSSR count). The number of nitrogens with one attached hydrogen (secondary N) is 2. The lowest BCUT2D eigenvalue weighted by atomic mass is 9.86. The molecule has 1 heterocycles. The summed E-state index contributed by atoms with van der Waals surface area (Å²) in [5.41, 5.74) is 1.26. The quantitative estimate of drug-likeness (QED) is 0.367. The summed E-state index contributed by atoms with van der Waals surface area (Å²) in [5, 5.41) is 7.29. The van der Waals surface area contributed by atoms with Gasteiger partial charge in [0.15, 0.2) is 5.96 Å². The fraction of sp³-hybridized carbons (Fsp3) is 0.682. The molecule has 1 spiro atoms. The van der Waals surface area contributed by atoms with E-state index in [1.54, 1.807) is 0 Å². The van der Waals surface area contributed by atoms with Crippen LogP contribution in [0.4, 0.5) is 0 Å². The summed E-state index contributed by atoms with van der Waals surface area (Å²) in [6, 6.07) is 9.32. The summed E-state index contributed by atoms with van der Waals surface area (Å²) >= 11 is 0. The molecule has 156 valence electrons. The highest BCUT2D eigenvalue weighted by Gasteiger charge is 2.43. The van der Waals surface area contributed by atoms with Crippen LogP contribution in [0.5, 0.6) is 5.75 Å². The van der Waals surface area contributed by atoms with Crippen LogP contribution in [0, 0.1) is 5.92 Å². The van der Waals surface area contributed by atoms with E-state index in [-0.39, 0.29) is 35.6 Å². The molecule has 1 aromatic carbocycles. The number of guanidine groups is 1. The second-order valence-electron chi connectivity index (χ2n) is 8.75. The van der Waals surface area contributed by atoms with Crippen LogP contribution < -0.4 is 15.4 Å². The predicted molar refractivity (Wildman–Crippen MR) is 126 cm³/mol. The van der Waals surface area contributed by atoms with Gasteiger partial charge in [0.25, 0.3) is 0 Å². The van der Waals surface area contributed by atoms with Crippen molar-refractivity contribution in [2.24, 2.45) is 10.9 Å². The Balaban J connectivity index is 0.00000225. The van der Waals surface area contributed by atoms with Gasteiger partial charge in [0.2, 0.25) is 0 Å². The normalized spacial score (nSPS) is 24.3. The molecule has 2 aliphatic carbocycles. The molecule has 2 saturated carbocycles. The van der Waals surface area contributed by atoms with Crippen molar-refractivity contribution < 1.29 is 4.74 Å². The molecule has 3 aliphatic rings. The number of ether oxygens (including phenoxy) is 1. The second kappa shape index (κ2) is 9.20. The number of fused-ring (bicyclic) bond motifs is 1. The molecule has 0 aromatic heterocycles. The van der Waals surface area contributed by atoms with Crippen LogP contribution in [0.15, 0.2) is 29.3 Å². The van der Waals surface area contributed by atoms with Gasteiger partial charge in [-0.1, -0.05) is 18.2 Å². The predicted octanol–water partition coefficient (Wildman–Crippen LogP) is 3.95. The summed E-state index contributed by atoms with van der Waals surface area (Å²) in [6.07, 6.45) is 8.59. The van der Waals surface area contributed by atoms with E-state index in [4.69, 9.17) is 4.74 Å². The van der Waals surface area contributed by atoms with Crippen LogP contribution in [0.2, 0.25) is 0 Å². The van der Waals surface area contributed by atoms with Crippen molar-refractivity contribution in [3.8, 4) is 5.75 Å². The Bertz CT molecular complexity index is 681. The molecule has 0 radical (unpaired) electrons. The third-order valence-corrected chi connectivity index (χ3v) is 6.55. The molecule has 28 heavy (non-hydrogen) atoms. The average Bonchev–Trinajstić information content (AvgIpc) is 3.40. The summed E-state index contributed by atoms with van der Waals surface area (Å²) in [4.78, 5) is 6.86. The first-order valence-corrected chi connectivity index (χ1v) is 10.5. The lowest BCUT2D eigenvalue weighted by Crippen LogP contribution is -2.49. The maximum absolute atomic E-state index is 6.49. The third-order valence-electron chi connectivity index (χ3n) is 6.55. The van der Waals surface area contributed by atoms with Crippen molar-refractivity contribution in [2.45, 2.75) is 62.6 Å². The number of aliphatic imine (C=N–C) groups is 1. The Labute approximate surface area is 186 Å². The van der Waals surface area contributed by atoms with Crippen molar-refractivity contribution in [3.05, 3.63) is 29.8 Å². The highest BCUT2D eigenvalue weighted by atomic mass is 127. The summed E-state index contributed by atoms with van der Waals surface area (Å²) < 4.78 is 6.49. The van der Waals surface area contributed by atoms with Gasteiger partial charge in [-0.05, 0) is 64.6 Å². The molecule has 5 nitrogen and oxygen atoms in total. The van der Waals surface area contributed by atoms with Crippen molar-refractivity contribution in [3.63, 3.8) is 0 Å². The standard InChI is InChI=1S/C22H34N4O.HI/c1-23-21(24-15-19(26(2)3)16-10-11-16)25-18-14-22(12-6-7-13-22)27-20-9-5-4-8-17(18)20;/h4-5,8-9,16,18-19H,6-7,10-15H2,1-3H3,(H2,23,24,25);1H. The van der Waals surface area contributed by atoms with Crippen LogP contribution in [-0.2, 0) is 0 Å². The summed E-state index contributed by atoms with van der Waals surface area (Å²) in [5.74, 6) is 2.77. The maximum atomic E-state index is 6.49. The number of hydrogen-bond donors (Lipinski definition) is 2. The van der Waals surface area contributed by atoms with Crippen molar-refractivity contribution in [1.82, 2.24) is 15.5 Å². The van der Waals surface area contributed by atoms with Gasteiger partial charge >= 0.3 is 0 Å². The number of halogens is 1. The van der Waals surface area contributed by atoms with Crippen molar-refractivity contribution in [1.29, 1.82) is 0 Å². The molecule has 6 heteroatoms. The molecule has 2 unspecified atom stereocenters. The number of nitrogens with zero attached hydrogens (tertiary/aromatic N) is 2. The molecular weight excluding hydrogens is 463 g/mol. The minimum atomic E-state index is 0. The Morgan fingerprint density at radius 1 is 1.25 bits per heavy atom. The number of likely N-dealkylation sites (N-methyl/N-ethyl adjacent to an activating group) is 1. The zero-order valence-corrected chi connectivity index (χ0v) is 19.7. The monoisotopic (exact) mass is 498 g/mol. The summed E-state index contributed by atoms with van der Waals surface area (Å²) in [6.45, 7) is 0.938. The molecule has 0 bridgehead atoms. The summed E-state index contributed by atoms with van der Waals surface area (Å²) in [7, 11) is 6.23. The topological polar surface area (TPSA) is 48.9 Å². The van der Waals surface area contributed by atoms with Crippen LogP contribution in [-0.4, -0.2) is 50.2 Å². The smallest absolute Gasteiger partial charge is 0.191 e. The molecule has 2 atom stereocenters. The van der Waals surface area contributed by atoms with Gasteiger partial charge in [-0.15, -0.1) is 24.0 Å². The fourth-order valence-electron chi connectivity index (χ4n) is 4.89. The first-order chi connectivity index (χ1) is 13.1. The lowest BCUT2D eigenvalue weighted by molar-refractivity contribution is 0.0396. The van der Waals surface area contributed by atoms with Gasteiger partial charge in [-0.2, -0.15) is 0 Å². The van der Waals surface area contributed by atoms with Gasteiger partial charge in [-0.25, -0.2) is 0 Å². The molecule has 0 amide bonds. The largest absolute Gasteiger partial charge is 0.487 e. The maximum Gasteiger partial charge on any atom is 0.191 e. The van der Waals surface area contributed by atoms with E-state index in [0.717, 1.165) is 43.4 Å². The minimum Gasteiger partial charge on any atom is -0.487 e. The van der Waals surface area contributed by atoms with Crippen LogP contribution in [0.1, 0.15) is 56.6 Å². The van der Waals surface area contributed by atoms with E-state index in [2.05, 4.69) is 58.9 Å².